The van der Waals surface area contributed by atoms with Gasteiger partial charge < -0.3 is 4.90 Å². The third-order valence-electron chi connectivity index (χ3n) is 5.99. The molecule has 2 aromatic heterocycles. The number of carbonyl (C=O) groups is 2. The van der Waals surface area contributed by atoms with E-state index in [4.69, 9.17) is 0 Å². The first-order chi connectivity index (χ1) is 15.8. The van der Waals surface area contributed by atoms with Gasteiger partial charge in [0.25, 0.3) is 11.8 Å². The molecule has 1 aromatic carbocycles. The van der Waals surface area contributed by atoms with E-state index < -0.39 is 23.6 Å². The fraction of sp³-hybridized carbons (Fsp3) is 0.130. The Morgan fingerprint density at radius 2 is 1.85 bits per heavy atom. The molecule has 3 aliphatic rings. The average Bonchev–Trinajstić information content (AvgIpc) is 3.41. The van der Waals surface area contributed by atoms with Crippen molar-refractivity contribution in [1.29, 1.82) is 0 Å². The highest BCUT2D eigenvalue weighted by Gasteiger charge is 2.39. The molecule has 0 atom stereocenters. The number of pyridine rings is 1. The summed E-state index contributed by atoms with van der Waals surface area (Å²) in [5.74, 6) is -1.37. The molecule has 7 nitrogen and oxygen atoms in total. The Morgan fingerprint density at radius 3 is 2.67 bits per heavy atom. The molecular formula is C23H14F3N5O2. The normalized spacial score (nSPS) is 17.5. The second-order valence-electron chi connectivity index (χ2n) is 7.85. The summed E-state index contributed by atoms with van der Waals surface area (Å²) in [6.07, 6.45) is 1.77. The topological polar surface area (TPSA) is 79.1 Å². The number of nitrogens with zero attached hydrogens (tertiary/aromatic N) is 4. The van der Waals surface area contributed by atoms with Crippen LogP contribution in [-0.4, -0.2) is 33.5 Å². The second-order valence-corrected chi connectivity index (χ2v) is 7.85. The molecule has 0 radical (unpaired) electrons. The predicted molar refractivity (Wildman–Crippen MR) is 113 cm³/mol. The first kappa shape index (κ1) is 19.5. The Bertz CT molecular complexity index is 1480. The number of imidazole rings is 1. The molecule has 0 spiro atoms. The summed E-state index contributed by atoms with van der Waals surface area (Å²) >= 11 is 0. The largest absolute Gasteiger partial charge is 0.417 e. The SMILES string of the molecule is O=C1NC(=O)C(c2cnc3ccc(C(F)(F)F)cn23)=C1C1=NC=CN2CCc3cccc1c32. The molecule has 3 aliphatic heterocycles. The third-order valence-corrected chi connectivity index (χ3v) is 5.99. The number of anilines is 1. The van der Waals surface area contributed by atoms with Crippen molar-refractivity contribution in [3.05, 3.63) is 83.1 Å². The number of aliphatic imine (C=N–C) groups is 1. The van der Waals surface area contributed by atoms with Crippen LogP contribution >= 0.6 is 0 Å². The van der Waals surface area contributed by atoms with Crippen LogP contribution in [0.15, 0.2) is 65.7 Å². The maximum Gasteiger partial charge on any atom is 0.417 e. The predicted octanol–water partition coefficient (Wildman–Crippen LogP) is 3.10. The molecule has 0 unspecified atom stereocenters. The van der Waals surface area contributed by atoms with Gasteiger partial charge >= 0.3 is 6.18 Å². The molecule has 5 heterocycles. The molecule has 0 saturated carbocycles. The Balaban J connectivity index is 1.61. The standard InChI is InChI=1S/C23H14F3N5O2/c24-23(25,26)13-4-5-16-28-10-15(31(16)11-13)17-18(22(33)29-21(17)32)19-14-3-1-2-12-6-8-30(20(12)14)9-7-27-19/h1-5,7,9-11H,6,8H2,(H,29,32,33). The van der Waals surface area contributed by atoms with Crippen LogP contribution in [0.2, 0.25) is 0 Å². The number of rotatable bonds is 2. The third kappa shape index (κ3) is 2.83. The number of amides is 2. The fourth-order valence-electron chi connectivity index (χ4n) is 4.54. The quantitative estimate of drug-likeness (QED) is 0.610. The zero-order valence-electron chi connectivity index (χ0n) is 16.8. The summed E-state index contributed by atoms with van der Waals surface area (Å²) in [5.41, 5.74) is 2.29. The minimum Gasteiger partial charge on any atom is -0.345 e. The Labute approximate surface area is 184 Å². The molecule has 3 aromatic rings. The molecular weight excluding hydrogens is 435 g/mol. The van der Waals surface area contributed by atoms with Crippen molar-refractivity contribution < 1.29 is 22.8 Å². The summed E-state index contributed by atoms with van der Waals surface area (Å²) in [5, 5.41) is 2.27. The summed E-state index contributed by atoms with van der Waals surface area (Å²) in [4.78, 5) is 36.4. The molecule has 2 amide bonds. The van der Waals surface area contributed by atoms with Gasteiger partial charge in [-0.15, -0.1) is 0 Å². The maximum atomic E-state index is 13.3. The zero-order valence-corrected chi connectivity index (χ0v) is 16.8. The van der Waals surface area contributed by atoms with Crippen molar-refractivity contribution in [3.63, 3.8) is 0 Å². The minimum atomic E-state index is -4.58. The number of hydrogen-bond acceptors (Lipinski definition) is 5. The fourth-order valence-corrected chi connectivity index (χ4v) is 4.54. The van der Waals surface area contributed by atoms with Crippen molar-refractivity contribution in [3.8, 4) is 0 Å². The number of imide groups is 1. The second kappa shape index (κ2) is 6.64. The Morgan fingerprint density at radius 1 is 1.03 bits per heavy atom. The minimum absolute atomic E-state index is 0.00557. The lowest BCUT2D eigenvalue weighted by molar-refractivity contribution is -0.137. The highest BCUT2D eigenvalue weighted by atomic mass is 19.4. The maximum absolute atomic E-state index is 13.3. The monoisotopic (exact) mass is 449 g/mol. The first-order valence-electron chi connectivity index (χ1n) is 10.1. The van der Waals surface area contributed by atoms with Gasteiger partial charge in [0.2, 0.25) is 0 Å². The highest BCUT2D eigenvalue weighted by molar-refractivity contribution is 6.47. The van der Waals surface area contributed by atoms with Gasteiger partial charge in [-0.25, -0.2) is 4.98 Å². The average molecular weight is 449 g/mol. The zero-order chi connectivity index (χ0) is 22.9. The van der Waals surface area contributed by atoms with Crippen LogP contribution in [0.3, 0.4) is 0 Å². The van der Waals surface area contributed by atoms with Crippen molar-refractivity contribution in [2.24, 2.45) is 4.99 Å². The number of fused-ring (bicyclic) bond motifs is 1. The molecule has 0 aliphatic carbocycles. The van der Waals surface area contributed by atoms with Crippen molar-refractivity contribution in [1.82, 2.24) is 14.7 Å². The lowest BCUT2D eigenvalue weighted by atomic mass is 9.94. The van der Waals surface area contributed by atoms with Crippen LogP contribution in [-0.2, 0) is 22.2 Å². The van der Waals surface area contributed by atoms with E-state index in [2.05, 4.69) is 15.3 Å². The Kier molecular flexibility index (Phi) is 3.92. The number of alkyl halides is 3. The van der Waals surface area contributed by atoms with Crippen molar-refractivity contribution >= 4 is 34.4 Å². The van der Waals surface area contributed by atoms with E-state index in [1.165, 1.54) is 16.7 Å². The van der Waals surface area contributed by atoms with Crippen LogP contribution in [0.4, 0.5) is 18.9 Å². The first-order valence-corrected chi connectivity index (χ1v) is 10.1. The van der Waals surface area contributed by atoms with Gasteiger partial charge in [0.15, 0.2) is 0 Å². The van der Waals surface area contributed by atoms with Gasteiger partial charge in [0, 0.05) is 30.7 Å². The summed E-state index contributed by atoms with van der Waals surface area (Å²) < 4.78 is 41.1. The van der Waals surface area contributed by atoms with Crippen molar-refractivity contribution in [2.45, 2.75) is 12.6 Å². The Hall–Kier alpha value is -4.21. The molecule has 164 valence electrons. The van der Waals surface area contributed by atoms with E-state index in [1.807, 2.05) is 23.1 Å². The number of aromatic nitrogens is 2. The molecule has 6 rings (SSSR count). The number of benzene rings is 1. The molecule has 1 N–H and O–H groups in total. The van der Waals surface area contributed by atoms with Gasteiger partial charge in [-0.05, 0) is 24.1 Å². The van der Waals surface area contributed by atoms with Crippen molar-refractivity contribution in [2.75, 3.05) is 11.4 Å². The van der Waals surface area contributed by atoms with E-state index in [9.17, 15) is 22.8 Å². The summed E-state index contributed by atoms with van der Waals surface area (Å²) in [6.45, 7) is 0.760. The molecule has 0 saturated heterocycles. The number of halogens is 3. The van der Waals surface area contributed by atoms with Gasteiger partial charge in [0.1, 0.15) is 5.65 Å². The van der Waals surface area contributed by atoms with Gasteiger partial charge in [-0.1, -0.05) is 18.2 Å². The van der Waals surface area contributed by atoms with Crippen LogP contribution in [0, 0.1) is 0 Å². The van der Waals surface area contributed by atoms with Crippen LogP contribution < -0.4 is 10.2 Å². The summed E-state index contributed by atoms with van der Waals surface area (Å²) in [7, 11) is 0. The lowest BCUT2D eigenvalue weighted by Crippen LogP contribution is -2.25. The van der Waals surface area contributed by atoms with E-state index in [1.54, 1.807) is 12.4 Å². The highest BCUT2D eigenvalue weighted by Crippen LogP contribution is 2.38. The molecule has 10 heteroatoms. The van der Waals surface area contributed by atoms with Crippen LogP contribution in [0.25, 0.3) is 11.2 Å². The van der Waals surface area contributed by atoms with Gasteiger partial charge in [0.05, 0.1) is 40.0 Å². The van der Waals surface area contributed by atoms with E-state index in [0.717, 1.165) is 36.5 Å². The number of nitrogens with one attached hydrogen (secondary N) is 1. The van der Waals surface area contributed by atoms with Crippen LogP contribution in [0.5, 0.6) is 0 Å². The van der Waals surface area contributed by atoms with E-state index in [-0.39, 0.29) is 28.2 Å². The number of hydrogen-bond donors (Lipinski definition) is 1. The summed E-state index contributed by atoms with van der Waals surface area (Å²) in [6, 6.07) is 7.81. The molecule has 0 bridgehead atoms. The smallest absolute Gasteiger partial charge is 0.345 e. The van der Waals surface area contributed by atoms with Gasteiger partial charge in [-0.2, -0.15) is 13.2 Å². The molecule has 33 heavy (non-hydrogen) atoms. The van der Waals surface area contributed by atoms with E-state index >= 15 is 0 Å². The van der Waals surface area contributed by atoms with Gasteiger partial charge in [-0.3, -0.25) is 24.3 Å². The lowest BCUT2D eigenvalue weighted by Gasteiger charge is -2.17. The number of para-hydroxylation sites is 1. The molecule has 0 fully saturated rings. The van der Waals surface area contributed by atoms with E-state index in [0.29, 0.717) is 5.56 Å². The number of carbonyl (C=O) groups excluding carboxylic acids is 2. The van der Waals surface area contributed by atoms with Crippen LogP contribution in [0.1, 0.15) is 22.4 Å².